The van der Waals surface area contributed by atoms with Crippen LogP contribution in [0, 0.1) is 13.8 Å². The van der Waals surface area contributed by atoms with Gasteiger partial charge in [-0.1, -0.05) is 44.7 Å². The van der Waals surface area contributed by atoms with Crippen molar-refractivity contribution < 1.29 is 0 Å². The molecule has 1 heterocycles. The fourth-order valence-corrected chi connectivity index (χ4v) is 2.17. The predicted molar refractivity (Wildman–Crippen MR) is 78.4 cm³/mol. The van der Waals surface area contributed by atoms with Crippen LogP contribution >= 0.6 is 11.6 Å². The highest BCUT2D eigenvalue weighted by atomic mass is 35.5. The van der Waals surface area contributed by atoms with Crippen molar-refractivity contribution in [2.75, 3.05) is 5.32 Å². The Balaban J connectivity index is 2.77. The van der Waals surface area contributed by atoms with Crippen LogP contribution in [-0.2, 0) is 0 Å². The third kappa shape index (κ3) is 4.13. The molecule has 0 aliphatic heterocycles. The number of hydrogen-bond donors (Lipinski definition) is 1. The van der Waals surface area contributed by atoms with Gasteiger partial charge < -0.3 is 5.32 Å². The summed E-state index contributed by atoms with van der Waals surface area (Å²) in [4.78, 5) is 0. The molecule has 102 valence electrons. The minimum absolute atomic E-state index is 0.489. The van der Waals surface area contributed by atoms with Gasteiger partial charge in [0.1, 0.15) is 0 Å². The summed E-state index contributed by atoms with van der Waals surface area (Å²) in [5.41, 5.74) is 2.12. The summed E-state index contributed by atoms with van der Waals surface area (Å²) in [6.07, 6.45) is 6.01. The normalized spacial score (nSPS) is 12.5. The number of anilines is 1. The molecule has 18 heavy (non-hydrogen) atoms. The summed E-state index contributed by atoms with van der Waals surface area (Å²) in [7, 11) is 0. The summed E-state index contributed by atoms with van der Waals surface area (Å²) in [6, 6.07) is 0.489. The molecule has 0 amide bonds. The van der Waals surface area contributed by atoms with Crippen molar-refractivity contribution >= 4 is 17.4 Å². The van der Waals surface area contributed by atoms with Crippen molar-refractivity contribution in [2.24, 2.45) is 0 Å². The first kappa shape index (κ1) is 15.2. The van der Waals surface area contributed by atoms with Gasteiger partial charge in [0.15, 0.2) is 11.0 Å². The maximum absolute atomic E-state index is 5.97. The largest absolute Gasteiger partial charge is 0.366 e. The number of halogens is 1. The average molecular weight is 270 g/mol. The van der Waals surface area contributed by atoms with E-state index < -0.39 is 0 Å². The highest BCUT2D eigenvalue weighted by Crippen LogP contribution is 2.22. The fourth-order valence-electron chi connectivity index (χ4n) is 1.99. The first-order chi connectivity index (χ1) is 8.60. The molecule has 0 saturated heterocycles. The van der Waals surface area contributed by atoms with Crippen LogP contribution in [0.1, 0.15) is 57.1 Å². The summed E-state index contributed by atoms with van der Waals surface area (Å²) in [5.74, 6) is 0.881. The van der Waals surface area contributed by atoms with Crippen molar-refractivity contribution in [3.05, 3.63) is 16.3 Å². The second-order valence-corrected chi connectivity index (χ2v) is 5.22. The monoisotopic (exact) mass is 269 g/mol. The molecule has 1 rings (SSSR count). The molecule has 4 heteroatoms. The second kappa shape index (κ2) is 7.57. The zero-order chi connectivity index (χ0) is 13.5. The van der Waals surface area contributed by atoms with E-state index in [0.717, 1.165) is 16.9 Å². The average Bonchev–Trinajstić information content (AvgIpc) is 2.36. The van der Waals surface area contributed by atoms with Gasteiger partial charge in [-0.25, -0.2) is 0 Å². The van der Waals surface area contributed by atoms with Gasteiger partial charge in [0.2, 0.25) is 0 Å². The van der Waals surface area contributed by atoms with E-state index >= 15 is 0 Å². The van der Waals surface area contributed by atoms with E-state index in [4.69, 9.17) is 11.6 Å². The number of rotatable bonds is 7. The van der Waals surface area contributed by atoms with Crippen LogP contribution in [0.15, 0.2) is 0 Å². The zero-order valence-electron chi connectivity index (χ0n) is 11.9. The highest BCUT2D eigenvalue weighted by Gasteiger charge is 2.12. The van der Waals surface area contributed by atoms with Gasteiger partial charge >= 0.3 is 0 Å². The van der Waals surface area contributed by atoms with Crippen LogP contribution in [0.2, 0.25) is 5.15 Å². The Labute approximate surface area is 115 Å². The molecule has 1 aromatic rings. The molecule has 0 bridgehead atoms. The summed E-state index contributed by atoms with van der Waals surface area (Å²) < 4.78 is 0. The minimum atomic E-state index is 0.489. The van der Waals surface area contributed by atoms with E-state index in [-0.39, 0.29) is 0 Å². The molecule has 0 aliphatic rings. The Morgan fingerprint density at radius 1 is 1.06 bits per heavy atom. The quantitative estimate of drug-likeness (QED) is 0.791. The predicted octanol–water partition coefficient (Wildman–Crippen LogP) is 4.52. The first-order valence-electron chi connectivity index (χ1n) is 6.86. The summed E-state index contributed by atoms with van der Waals surface area (Å²) >= 11 is 5.97. The van der Waals surface area contributed by atoms with Crippen LogP contribution in [-0.4, -0.2) is 16.2 Å². The Morgan fingerprint density at radius 3 is 2.39 bits per heavy atom. The van der Waals surface area contributed by atoms with Gasteiger partial charge in [0.25, 0.3) is 0 Å². The van der Waals surface area contributed by atoms with Gasteiger partial charge in [-0.15, -0.1) is 10.2 Å². The standard InChI is InChI=1S/C14H24ClN3/c1-5-7-9-12(8-6-2)16-14-11(4)10(3)13(15)17-18-14/h12H,5-9H2,1-4H3,(H,16,18). The van der Waals surface area contributed by atoms with Crippen molar-refractivity contribution in [2.45, 2.75) is 65.8 Å². The lowest BCUT2D eigenvalue weighted by atomic mass is 10.0. The molecule has 0 aromatic carbocycles. The Kier molecular flexibility index (Phi) is 6.41. The molecule has 0 saturated carbocycles. The Morgan fingerprint density at radius 2 is 1.78 bits per heavy atom. The molecule has 0 spiro atoms. The number of nitrogens with one attached hydrogen (secondary N) is 1. The molecule has 1 aromatic heterocycles. The molecule has 1 atom stereocenters. The number of unbranched alkanes of at least 4 members (excludes halogenated alkanes) is 1. The lowest BCUT2D eigenvalue weighted by Gasteiger charge is -2.20. The van der Waals surface area contributed by atoms with Crippen molar-refractivity contribution in [3.8, 4) is 0 Å². The van der Waals surface area contributed by atoms with Crippen molar-refractivity contribution in [1.82, 2.24) is 10.2 Å². The lowest BCUT2D eigenvalue weighted by molar-refractivity contribution is 0.561. The second-order valence-electron chi connectivity index (χ2n) is 4.86. The van der Waals surface area contributed by atoms with Crippen LogP contribution in [0.5, 0.6) is 0 Å². The molecule has 1 unspecified atom stereocenters. The fraction of sp³-hybridized carbons (Fsp3) is 0.714. The van der Waals surface area contributed by atoms with Crippen LogP contribution in [0.4, 0.5) is 5.82 Å². The van der Waals surface area contributed by atoms with E-state index in [2.05, 4.69) is 29.4 Å². The molecular weight excluding hydrogens is 246 g/mol. The number of hydrogen-bond acceptors (Lipinski definition) is 3. The van der Waals surface area contributed by atoms with E-state index in [0.29, 0.717) is 11.2 Å². The van der Waals surface area contributed by atoms with Gasteiger partial charge in [-0.05, 0) is 37.8 Å². The molecule has 3 nitrogen and oxygen atoms in total. The number of nitrogens with zero attached hydrogens (tertiary/aromatic N) is 2. The third-order valence-corrected chi connectivity index (χ3v) is 3.71. The summed E-state index contributed by atoms with van der Waals surface area (Å²) in [5, 5.41) is 12.2. The van der Waals surface area contributed by atoms with Gasteiger partial charge in [0.05, 0.1) is 0 Å². The molecule has 0 radical (unpaired) electrons. The Hall–Kier alpha value is -0.830. The topological polar surface area (TPSA) is 37.8 Å². The van der Waals surface area contributed by atoms with Gasteiger partial charge in [-0.2, -0.15) is 0 Å². The van der Waals surface area contributed by atoms with E-state index in [1.165, 1.54) is 32.1 Å². The van der Waals surface area contributed by atoms with Crippen LogP contribution in [0.25, 0.3) is 0 Å². The molecular formula is C14H24ClN3. The SMILES string of the molecule is CCCCC(CCC)Nc1nnc(Cl)c(C)c1C. The maximum atomic E-state index is 5.97. The van der Waals surface area contributed by atoms with Crippen molar-refractivity contribution in [1.29, 1.82) is 0 Å². The number of aromatic nitrogens is 2. The molecule has 1 N–H and O–H groups in total. The van der Waals surface area contributed by atoms with Crippen LogP contribution in [0.3, 0.4) is 0 Å². The third-order valence-electron chi connectivity index (χ3n) is 3.35. The smallest absolute Gasteiger partial charge is 0.155 e. The Bertz CT molecular complexity index is 380. The van der Waals surface area contributed by atoms with Crippen LogP contribution < -0.4 is 5.32 Å². The zero-order valence-corrected chi connectivity index (χ0v) is 12.6. The lowest BCUT2D eigenvalue weighted by Crippen LogP contribution is -2.21. The summed E-state index contributed by atoms with van der Waals surface area (Å²) in [6.45, 7) is 8.46. The van der Waals surface area contributed by atoms with E-state index in [1.54, 1.807) is 0 Å². The first-order valence-corrected chi connectivity index (χ1v) is 7.23. The van der Waals surface area contributed by atoms with Gasteiger partial charge in [0, 0.05) is 6.04 Å². The minimum Gasteiger partial charge on any atom is -0.366 e. The van der Waals surface area contributed by atoms with Gasteiger partial charge in [-0.3, -0.25) is 0 Å². The van der Waals surface area contributed by atoms with E-state index in [9.17, 15) is 0 Å². The van der Waals surface area contributed by atoms with Crippen molar-refractivity contribution in [3.63, 3.8) is 0 Å². The molecule has 0 aliphatic carbocycles. The molecule has 0 fully saturated rings. The maximum Gasteiger partial charge on any atom is 0.155 e. The van der Waals surface area contributed by atoms with E-state index in [1.807, 2.05) is 13.8 Å². The highest BCUT2D eigenvalue weighted by molar-refractivity contribution is 6.30.